The highest BCUT2D eigenvalue weighted by Gasteiger charge is 2.31. The lowest BCUT2D eigenvalue weighted by Gasteiger charge is -2.16. The number of nitrogens with one attached hydrogen (secondary N) is 1. The molecule has 5 nitrogen and oxygen atoms in total. The number of nitrogens with zero attached hydrogens (tertiary/aromatic N) is 1. The van der Waals surface area contributed by atoms with Crippen molar-refractivity contribution in [2.75, 3.05) is 0 Å². The van der Waals surface area contributed by atoms with E-state index in [1.807, 2.05) is 0 Å². The lowest BCUT2D eigenvalue weighted by molar-refractivity contribution is -0.385. The third-order valence-corrected chi connectivity index (χ3v) is 3.73. The second-order valence-corrected chi connectivity index (χ2v) is 5.55. The molecular weight excluding hydrogens is 337 g/mol. The molecular formula is C17H15F3N2O3. The Balaban J connectivity index is 2.27. The normalized spacial score (nSPS) is 12.5. The maximum atomic E-state index is 12.8. The van der Waals surface area contributed by atoms with Crippen LogP contribution in [0.25, 0.3) is 0 Å². The van der Waals surface area contributed by atoms with Crippen LogP contribution in [0.15, 0.2) is 42.5 Å². The maximum absolute atomic E-state index is 12.8. The van der Waals surface area contributed by atoms with E-state index in [0.29, 0.717) is 5.56 Å². The number of amides is 1. The lowest BCUT2D eigenvalue weighted by Crippen LogP contribution is -2.27. The molecule has 0 spiro atoms. The number of hydrogen-bond acceptors (Lipinski definition) is 3. The van der Waals surface area contributed by atoms with Crippen molar-refractivity contribution in [1.82, 2.24) is 5.32 Å². The minimum absolute atomic E-state index is 0.135. The van der Waals surface area contributed by atoms with E-state index >= 15 is 0 Å². The number of hydrogen-bond donors (Lipinski definition) is 1. The van der Waals surface area contributed by atoms with Gasteiger partial charge in [-0.25, -0.2) is 0 Å². The summed E-state index contributed by atoms with van der Waals surface area (Å²) in [6, 6.07) is 8.13. The minimum Gasteiger partial charge on any atom is -0.345 e. The SMILES string of the molecule is Cc1cccc(C(=O)NC(C)c2cccc(C(F)(F)F)c2)c1[N+](=O)[O-]. The van der Waals surface area contributed by atoms with Gasteiger partial charge in [0.15, 0.2) is 0 Å². The molecule has 0 saturated carbocycles. The molecule has 8 heteroatoms. The third-order valence-electron chi connectivity index (χ3n) is 3.73. The molecule has 0 fully saturated rings. The smallest absolute Gasteiger partial charge is 0.345 e. The molecule has 2 aromatic rings. The predicted molar refractivity (Wildman–Crippen MR) is 85.2 cm³/mol. The molecule has 25 heavy (non-hydrogen) atoms. The molecule has 0 bridgehead atoms. The molecule has 0 saturated heterocycles. The van der Waals surface area contributed by atoms with Crippen molar-refractivity contribution < 1.29 is 22.9 Å². The molecule has 0 aliphatic rings. The predicted octanol–water partition coefficient (Wildman–Crippen LogP) is 4.41. The second-order valence-electron chi connectivity index (χ2n) is 5.55. The molecule has 0 aromatic heterocycles. The van der Waals surface area contributed by atoms with Gasteiger partial charge in [0.1, 0.15) is 5.56 Å². The van der Waals surface area contributed by atoms with Gasteiger partial charge in [0, 0.05) is 5.56 Å². The molecule has 1 amide bonds. The van der Waals surface area contributed by atoms with E-state index in [1.54, 1.807) is 0 Å². The summed E-state index contributed by atoms with van der Waals surface area (Å²) in [4.78, 5) is 22.9. The first-order chi connectivity index (χ1) is 11.6. The van der Waals surface area contributed by atoms with E-state index in [-0.39, 0.29) is 16.8 Å². The number of carbonyl (C=O) groups is 1. The molecule has 2 aromatic carbocycles. The van der Waals surface area contributed by atoms with Crippen molar-refractivity contribution >= 4 is 11.6 Å². The maximum Gasteiger partial charge on any atom is 0.416 e. The Morgan fingerprint density at radius 1 is 1.20 bits per heavy atom. The van der Waals surface area contributed by atoms with Crippen LogP contribution >= 0.6 is 0 Å². The van der Waals surface area contributed by atoms with E-state index in [1.165, 1.54) is 44.2 Å². The van der Waals surface area contributed by atoms with Gasteiger partial charge in [0.05, 0.1) is 16.5 Å². The summed E-state index contributed by atoms with van der Waals surface area (Å²) in [5.74, 6) is -0.722. The average molecular weight is 352 g/mol. The van der Waals surface area contributed by atoms with Gasteiger partial charge >= 0.3 is 6.18 Å². The number of halogens is 3. The number of nitro groups is 1. The van der Waals surface area contributed by atoms with E-state index < -0.39 is 28.6 Å². The Kier molecular flexibility index (Phi) is 5.10. The fraction of sp³-hybridized carbons (Fsp3) is 0.235. The Morgan fingerprint density at radius 3 is 2.44 bits per heavy atom. The van der Waals surface area contributed by atoms with Crippen LogP contribution in [0.3, 0.4) is 0 Å². The number of rotatable bonds is 4. The monoisotopic (exact) mass is 352 g/mol. The fourth-order valence-electron chi connectivity index (χ4n) is 2.43. The number of nitro benzene ring substituents is 1. The summed E-state index contributed by atoms with van der Waals surface area (Å²) >= 11 is 0. The summed E-state index contributed by atoms with van der Waals surface area (Å²) < 4.78 is 38.3. The third kappa shape index (κ3) is 4.14. The summed E-state index contributed by atoms with van der Waals surface area (Å²) in [6.45, 7) is 3.01. The molecule has 0 aliphatic heterocycles. The van der Waals surface area contributed by atoms with Gasteiger partial charge in [-0.15, -0.1) is 0 Å². The Labute approximate surface area is 141 Å². The molecule has 132 valence electrons. The fourth-order valence-corrected chi connectivity index (χ4v) is 2.43. The highest BCUT2D eigenvalue weighted by Crippen LogP contribution is 2.31. The Bertz CT molecular complexity index is 819. The minimum atomic E-state index is -4.49. The van der Waals surface area contributed by atoms with Crippen LogP contribution < -0.4 is 5.32 Å². The van der Waals surface area contributed by atoms with Gasteiger partial charge in [-0.1, -0.05) is 24.3 Å². The van der Waals surface area contributed by atoms with E-state index in [4.69, 9.17) is 0 Å². The van der Waals surface area contributed by atoms with Crippen molar-refractivity contribution in [2.45, 2.75) is 26.1 Å². The van der Waals surface area contributed by atoms with Crippen LogP contribution in [0.5, 0.6) is 0 Å². The summed E-state index contributed by atoms with van der Waals surface area (Å²) in [6.07, 6.45) is -4.49. The number of alkyl halides is 3. The van der Waals surface area contributed by atoms with Crippen LogP contribution in [0, 0.1) is 17.0 Å². The molecule has 0 radical (unpaired) electrons. The van der Waals surface area contributed by atoms with Crippen molar-refractivity contribution in [1.29, 1.82) is 0 Å². The number of carbonyl (C=O) groups excluding carboxylic acids is 1. The van der Waals surface area contributed by atoms with Gasteiger partial charge < -0.3 is 5.32 Å². The number of aryl methyl sites for hydroxylation is 1. The quantitative estimate of drug-likeness (QED) is 0.654. The van der Waals surface area contributed by atoms with Gasteiger partial charge in [0.25, 0.3) is 11.6 Å². The van der Waals surface area contributed by atoms with E-state index in [9.17, 15) is 28.1 Å². The summed E-state index contributed by atoms with van der Waals surface area (Å²) in [7, 11) is 0. The van der Waals surface area contributed by atoms with Crippen LogP contribution in [0.2, 0.25) is 0 Å². The van der Waals surface area contributed by atoms with Crippen molar-refractivity contribution in [3.8, 4) is 0 Å². The molecule has 2 rings (SSSR count). The molecule has 0 heterocycles. The lowest BCUT2D eigenvalue weighted by atomic mass is 10.0. The van der Waals surface area contributed by atoms with Crippen LogP contribution in [-0.4, -0.2) is 10.8 Å². The number of benzene rings is 2. The van der Waals surface area contributed by atoms with E-state index in [0.717, 1.165) is 12.1 Å². The van der Waals surface area contributed by atoms with Crippen LogP contribution in [0.1, 0.15) is 40.0 Å². The second kappa shape index (κ2) is 6.92. The van der Waals surface area contributed by atoms with Crippen molar-refractivity contribution in [3.63, 3.8) is 0 Å². The standard InChI is InChI=1S/C17H15F3N2O3/c1-10-5-3-8-14(15(10)22(24)25)16(23)21-11(2)12-6-4-7-13(9-12)17(18,19)20/h3-9,11H,1-2H3,(H,21,23). The highest BCUT2D eigenvalue weighted by atomic mass is 19.4. The van der Waals surface area contributed by atoms with Crippen molar-refractivity contribution in [2.24, 2.45) is 0 Å². The zero-order chi connectivity index (χ0) is 18.8. The Morgan fingerprint density at radius 2 is 1.84 bits per heavy atom. The molecule has 1 atom stereocenters. The first-order valence-corrected chi connectivity index (χ1v) is 7.33. The topological polar surface area (TPSA) is 72.2 Å². The van der Waals surface area contributed by atoms with Crippen molar-refractivity contribution in [3.05, 3.63) is 74.8 Å². The molecule has 1 N–H and O–H groups in total. The van der Waals surface area contributed by atoms with Gasteiger partial charge in [-0.3, -0.25) is 14.9 Å². The van der Waals surface area contributed by atoms with E-state index in [2.05, 4.69) is 5.32 Å². The van der Waals surface area contributed by atoms with Crippen LogP contribution in [-0.2, 0) is 6.18 Å². The van der Waals surface area contributed by atoms with Gasteiger partial charge in [0.2, 0.25) is 0 Å². The highest BCUT2D eigenvalue weighted by molar-refractivity contribution is 5.98. The van der Waals surface area contributed by atoms with Crippen LogP contribution in [0.4, 0.5) is 18.9 Å². The summed E-state index contributed by atoms with van der Waals surface area (Å²) in [5, 5.41) is 13.7. The Hall–Kier alpha value is -2.90. The summed E-state index contributed by atoms with van der Waals surface area (Å²) in [5.41, 5.74) is -0.712. The first-order valence-electron chi connectivity index (χ1n) is 7.33. The van der Waals surface area contributed by atoms with Gasteiger partial charge in [-0.05, 0) is 37.6 Å². The number of para-hydroxylation sites is 1. The average Bonchev–Trinajstić information content (AvgIpc) is 2.53. The zero-order valence-corrected chi connectivity index (χ0v) is 13.4. The molecule has 0 aliphatic carbocycles. The zero-order valence-electron chi connectivity index (χ0n) is 13.4. The van der Waals surface area contributed by atoms with Gasteiger partial charge in [-0.2, -0.15) is 13.2 Å². The molecule has 1 unspecified atom stereocenters. The largest absolute Gasteiger partial charge is 0.416 e. The first kappa shape index (κ1) is 18.4.